The van der Waals surface area contributed by atoms with E-state index in [1.165, 1.54) is 0 Å². The number of hydrogen-bond donors (Lipinski definition) is 0. The van der Waals surface area contributed by atoms with Crippen LogP contribution in [0.15, 0.2) is 12.1 Å². The molecule has 1 rings (SSSR count). The fourth-order valence-electron chi connectivity index (χ4n) is 0.894. The maximum Gasteiger partial charge on any atom is 0.151 e. The number of carbonyl (C=O) groups is 1. The molecule has 0 atom stereocenters. The maximum absolute atomic E-state index is 10.4. The number of carbonyl (C=O) groups excluding carboxylic acids is 1. The lowest BCUT2D eigenvalue weighted by Crippen LogP contribution is -1.88. The Kier molecular flexibility index (Phi) is 5.40. The van der Waals surface area contributed by atoms with Crippen LogP contribution in [0.2, 0.25) is 5.02 Å². The fourth-order valence-corrected chi connectivity index (χ4v) is 1.15. The van der Waals surface area contributed by atoms with Gasteiger partial charge in [0.25, 0.3) is 0 Å². The largest absolute Gasteiger partial charge is 0.298 e. The van der Waals surface area contributed by atoms with Crippen molar-refractivity contribution in [3.05, 3.63) is 33.8 Å². The van der Waals surface area contributed by atoms with Gasteiger partial charge in [-0.3, -0.25) is 4.79 Å². The van der Waals surface area contributed by atoms with E-state index in [1.807, 2.05) is 33.8 Å². The predicted octanol–water partition coefficient (Wildman–Crippen LogP) is 3.80. The standard InChI is InChI=1S/C9H9ClO.C2H6/c1-6-3-4-8(5-11)9(10)7(6)2;1-2/h3-5H,1-2H3;1-2H3. The van der Waals surface area contributed by atoms with Crippen LogP contribution in [0, 0.1) is 13.8 Å². The number of aryl methyl sites for hydroxylation is 1. The van der Waals surface area contributed by atoms with Gasteiger partial charge >= 0.3 is 0 Å². The molecule has 0 spiro atoms. The van der Waals surface area contributed by atoms with Crippen molar-refractivity contribution in [3.8, 4) is 0 Å². The minimum Gasteiger partial charge on any atom is -0.298 e. The maximum atomic E-state index is 10.4. The quantitative estimate of drug-likeness (QED) is 0.628. The smallest absolute Gasteiger partial charge is 0.151 e. The molecule has 0 N–H and O–H groups in total. The van der Waals surface area contributed by atoms with Crippen LogP contribution >= 0.6 is 11.6 Å². The molecule has 0 bridgehead atoms. The van der Waals surface area contributed by atoms with Crippen molar-refractivity contribution in [2.45, 2.75) is 27.7 Å². The zero-order chi connectivity index (χ0) is 10.4. The van der Waals surface area contributed by atoms with E-state index in [0.29, 0.717) is 10.6 Å². The third-order valence-electron chi connectivity index (χ3n) is 1.81. The molecule has 0 fully saturated rings. The van der Waals surface area contributed by atoms with Crippen molar-refractivity contribution in [3.63, 3.8) is 0 Å². The first-order valence-corrected chi connectivity index (χ1v) is 4.75. The Hall–Kier alpha value is -0.820. The molecular formula is C11H15ClO. The van der Waals surface area contributed by atoms with Crippen molar-refractivity contribution in [1.82, 2.24) is 0 Å². The number of aldehydes is 1. The molecule has 0 heterocycles. The Balaban J connectivity index is 0.000000671. The molecule has 0 saturated carbocycles. The van der Waals surface area contributed by atoms with Gasteiger partial charge in [0, 0.05) is 5.56 Å². The molecule has 0 amide bonds. The van der Waals surface area contributed by atoms with E-state index in [1.54, 1.807) is 6.07 Å². The van der Waals surface area contributed by atoms with Gasteiger partial charge in [-0.25, -0.2) is 0 Å². The molecule has 1 nitrogen and oxygen atoms in total. The summed E-state index contributed by atoms with van der Waals surface area (Å²) in [6.45, 7) is 7.88. The Morgan fingerprint density at radius 1 is 1.23 bits per heavy atom. The second kappa shape index (κ2) is 5.76. The first-order chi connectivity index (χ1) is 6.16. The molecule has 13 heavy (non-hydrogen) atoms. The molecule has 2 heteroatoms. The van der Waals surface area contributed by atoms with E-state index in [0.717, 1.165) is 17.4 Å². The predicted molar refractivity (Wildman–Crippen MR) is 57.7 cm³/mol. The van der Waals surface area contributed by atoms with Crippen LogP contribution in [0.3, 0.4) is 0 Å². The summed E-state index contributed by atoms with van der Waals surface area (Å²) in [4.78, 5) is 10.4. The van der Waals surface area contributed by atoms with E-state index < -0.39 is 0 Å². The highest BCUT2D eigenvalue weighted by atomic mass is 35.5. The molecule has 1 aromatic carbocycles. The topological polar surface area (TPSA) is 17.1 Å². The number of hydrogen-bond acceptors (Lipinski definition) is 1. The number of benzene rings is 1. The van der Waals surface area contributed by atoms with Gasteiger partial charge in [0.05, 0.1) is 5.02 Å². The van der Waals surface area contributed by atoms with Crippen molar-refractivity contribution in [2.75, 3.05) is 0 Å². The van der Waals surface area contributed by atoms with Crippen LogP contribution in [0.1, 0.15) is 35.3 Å². The molecule has 0 aliphatic rings. The van der Waals surface area contributed by atoms with Gasteiger partial charge in [-0.2, -0.15) is 0 Å². The molecule has 0 unspecified atom stereocenters. The number of halogens is 1. The average molecular weight is 199 g/mol. The Bertz CT molecular complexity index is 292. The second-order valence-electron chi connectivity index (χ2n) is 2.53. The van der Waals surface area contributed by atoms with Crippen molar-refractivity contribution in [1.29, 1.82) is 0 Å². The van der Waals surface area contributed by atoms with E-state index in [4.69, 9.17) is 11.6 Å². The van der Waals surface area contributed by atoms with Crippen molar-refractivity contribution < 1.29 is 4.79 Å². The van der Waals surface area contributed by atoms with E-state index in [9.17, 15) is 4.79 Å². The fraction of sp³-hybridized carbons (Fsp3) is 0.364. The minimum atomic E-state index is 0.565. The van der Waals surface area contributed by atoms with Crippen LogP contribution in [-0.2, 0) is 0 Å². The van der Waals surface area contributed by atoms with Crippen molar-refractivity contribution in [2.24, 2.45) is 0 Å². The first kappa shape index (κ1) is 12.2. The van der Waals surface area contributed by atoms with Crippen LogP contribution in [0.5, 0.6) is 0 Å². The van der Waals surface area contributed by atoms with Crippen LogP contribution in [0.4, 0.5) is 0 Å². The van der Waals surface area contributed by atoms with Crippen LogP contribution in [-0.4, -0.2) is 6.29 Å². The third kappa shape index (κ3) is 2.85. The van der Waals surface area contributed by atoms with Gasteiger partial charge in [-0.1, -0.05) is 31.5 Å². The Labute approximate surface area is 84.7 Å². The normalized spacial score (nSPS) is 8.69. The zero-order valence-corrected chi connectivity index (χ0v) is 9.27. The summed E-state index contributed by atoms with van der Waals surface area (Å²) in [5.74, 6) is 0. The molecular weight excluding hydrogens is 184 g/mol. The zero-order valence-electron chi connectivity index (χ0n) is 8.52. The SMILES string of the molecule is CC.Cc1ccc(C=O)c(Cl)c1C. The molecule has 0 radical (unpaired) electrons. The van der Waals surface area contributed by atoms with Gasteiger partial charge in [-0.05, 0) is 31.0 Å². The van der Waals surface area contributed by atoms with Gasteiger partial charge in [-0.15, -0.1) is 0 Å². The number of rotatable bonds is 1. The summed E-state index contributed by atoms with van der Waals surface area (Å²) in [5, 5.41) is 0.569. The minimum absolute atomic E-state index is 0.565. The monoisotopic (exact) mass is 198 g/mol. The van der Waals surface area contributed by atoms with Crippen molar-refractivity contribution >= 4 is 17.9 Å². The summed E-state index contributed by atoms with van der Waals surface area (Å²) in [5.41, 5.74) is 2.66. The lowest BCUT2D eigenvalue weighted by molar-refractivity contribution is 0.112. The highest BCUT2D eigenvalue weighted by Crippen LogP contribution is 2.21. The summed E-state index contributed by atoms with van der Waals surface area (Å²) in [6, 6.07) is 3.63. The average Bonchev–Trinajstić information content (AvgIpc) is 2.18. The third-order valence-corrected chi connectivity index (χ3v) is 2.32. The lowest BCUT2D eigenvalue weighted by Gasteiger charge is -2.03. The van der Waals surface area contributed by atoms with Crippen LogP contribution < -0.4 is 0 Å². The van der Waals surface area contributed by atoms with E-state index in [2.05, 4.69) is 0 Å². The lowest BCUT2D eigenvalue weighted by atomic mass is 10.1. The highest BCUT2D eigenvalue weighted by molar-refractivity contribution is 6.33. The molecule has 72 valence electrons. The molecule has 0 aliphatic heterocycles. The summed E-state index contributed by atoms with van der Waals surface area (Å²) in [7, 11) is 0. The highest BCUT2D eigenvalue weighted by Gasteiger charge is 2.03. The molecule has 0 saturated heterocycles. The van der Waals surface area contributed by atoms with Gasteiger partial charge < -0.3 is 0 Å². The summed E-state index contributed by atoms with van der Waals surface area (Å²) in [6.07, 6.45) is 0.773. The first-order valence-electron chi connectivity index (χ1n) is 4.37. The molecule has 0 aliphatic carbocycles. The Morgan fingerprint density at radius 2 is 1.77 bits per heavy atom. The van der Waals surface area contributed by atoms with Gasteiger partial charge in [0.2, 0.25) is 0 Å². The van der Waals surface area contributed by atoms with Crippen LogP contribution in [0.25, 0.3) is 0 Å². The molecule has 1 aromatic rings. The van der Waals surface area contributed by atoms with Gasteiger partial charge in [0.15, 0.2) is 6.29 Å². The Morgan fingerprint density at radius 3 is 2.23 bits per heavy atom. The van der Waals surface area contributed by atoms with E-state index in [-0.39, 0.29) is 0 Å². The van der Waals surface area contributed by atoms with Gasteiger partial charge in [0.1, 0.15) is 0 Å². The molecule has 0 aromatic heterocycles. The van der Waals surface area contributed by atoms with E-state index >= 15 is 0 Å². The summed E-state index contributed by atoms with van der Waals surface area (Å²) >= 11 is 5.87. The second-order valence-corrected chi connectivity index (χ2v) is 2.91. The summed E-state index contributed by atoms with van der Waals surface area (Å²) < 4.78 is 0.